The Labute approximate surface area is 165 Å². The van der Waals surface area contributed by atoms with E-state index in [2.05, 4.69) is 20.2 Å². The topological polar surface area (TPSA) is 109 Å². The van der Waals surface area contributed by atoms with Gasteiger partial charge in [-0.3, -0.25) is 9.20 Å². The Hall–Kier alpha value is -2.88. The van der Waals surface area contributed by atoms with E-state index in [1.807, 2.05) is 25.7 Å². The van der Waals surface area contributed by atoms with Crippen molar-refractivity contribution < 1.29 is 9.53 Å². The van der Waals surface area contributed by atoms with Crippen LogP contribution in [0.25, 0.3) is 16.8 Å². The molecule has 4 rings (SSSR count). The molecule has 0 aromatic carbocycles. The number of anilines is 1. The molecule has 148 valence electrons. The Balaban J connectivity index is 1.58. The number of aromatic amines is 1. The number of H-pyrrole nitrogens is 1. The number of amides is 1. The lowest BCUT2D eigenvalue weighted by atomic mass is 10.1. The highest BCUT2D eigenvalue weighted by Crippen LogP contribution is 2.27. The molecular weight excluding hydrogens is 386 g/mol. The van der Waals surface area contributed by atoms with Crippen molar-refractivity contribution in [2.24, 2.45) is 0 Å². The van der Waals surface area contributed by atoms with Crippen LogP contribution in [0.4, 0.5) is 10.6 Å². The van der Waals surface area contributed by atoms with E-state index >= 15 is 0 Å². The average Bonchev–Trinajstić information content (AvgIpc) is 3.07. The molecule has 1 aliphatic rings. The van der Waals surface area contributed by atoms with E-state index in [-0.39, 0.29) is 22.8 Å². The molecular formula is C17H20ClN7O3. The highest BCUT2D eigenvalue weighted by atomic mass is 35.5. The highest BCUT2D eigenvalue weighted by molar-refractivity contribution is 6.30. The van der Waals surface area contributed by atoms with Crippen LogP contribution < -0.4 is 10.5 Å². The summed E-state index contributed by atoms with van der Waals surface area (Å²) in [6.07, 6.45) is 0.921. The molecule has 10 nitrogen and oxygen atoms in total. The van der Waals surface area contributed by atoms with Gasteiger partial charge >= 0.3 is 6.09 Å². The number of carbonyl (C=O) groups is 1. The van der Waals surface area contributed by atoms with E-state index < -0.39 is 5.56 Å². The van der Waals surface area contributed by atoms with Crippen LogP contribution in [0, 0.1) is 0 Å². The first kappa shape index (κ1) is 18.5. The van der Waals surface area contributed by atoms with Crippen molar-refractivity contribution in [3.05, 3.63) is 27.8 Å². The summed E-state index contributed by atoms with van der Waals surface area (Å²) in [6.45, 7) is 6.77. The maximum Gasteiger partial charge on any atom is 0.410 e. The first-order chi connectivity index (χ1) is 13.1. The highest BCUT2D eigenvalue weighted by Gasteiger charge is 2.35. The zero-order valence-electron chi connectivity index (χ0n) is 15.9. The predicted octanol–water partition coefficient (Wildman–Crippen LogP) is 1.67. The number of aromatic nitrogens is 5. The number of rotatable bonds is 2. The van der Waals surface area contributed by atoms with Gasteiger partial charge in [-0.15, -0.1) is 10.2 Å². The van der Waals surface area contributed by atoms with Gasteiger partial charge in [-0.2, -0.15) is 0 Å². The molecule has 1 saturated heterocycles. The minimum absolute atomic E-state index is 0.0657. The number of ether oxygens (including phenoxy) is 1. The van der Waals surface area contributed by atoms with Gasteiger partial charge in [0.15, 0.2) is 11.5 Å². The fraction of sp³-hybridized carbons (Fsp3) is 0.471. The molecule has 1 N–H and O–H groups in total. The van der Waals surface area contributed by atoms with Crippen molar-refractivity contribution in [3.8, 4) is 0 Å². The molecule has 0 saturated carbocycles. The molecule has 28 heavy (non-hydrogen) atoms. The van der Waals surface area contributed by atoms with Crippen molar-refractivity contribution >= 4 is 40.3 Å². The van der Waals surface area contributed by atoms with Gasteiger partial charge in [-0.1, -0.05) is 11.6 Å². The zero-order valence-corrected chi connectivity index (χ0v) is 16.7. The van der Waals surface area contributed by atoms with Gasteiger partial charge in [0.05, 0.1) is 18.6 Å². The summed E-state index contributed by atoms with van der Waals surface area (Å²) in [5.41, 5.74) is 0.780. The maximum atomic E-state index is 12.2. The monoisotopic (exact) mass is 405 g/mol. The van der Waals surface area contributed by atoms with Crippen LogP contribution >= 0.6 is 11.6 Å². The fourth-order valence-corrected chi connectivity index (χ4v) is 3.02. The standard InChI is InChI=1S/C17H20ClN7O3/c1-17(2,3)23(4)16(27)28-9-6-24(7-9)13-14-22-19-8-25(14)11-5-10(18)15(26)21-12(11)20-13/h5,8-9H,6-7H2,1-4H3,(H,21,26). The van der Waals surface area contributed by atoms with E-state index in [1.165, 1.54) is 12.4 Å². The Morgan fingerprint density at radius 1 is 1.39 bits per heavy atom. The van der Waals surface area contributed by atoms with Crippen molar-refractivity contribution in [1.82, 2.24) is 29.5 Å². The lowest BCUT2D eigenvalue weighted by molar-refractivity contribution is 0.0365. The molecule has 3 aromatic rings. The number of nitrogens with zero attached hydrogens (tertiary/aromatic N) is 6. The second-order valence-corrected chi connectivity index (χ2v) is 8.19. The summed E-state index contributed by atoms with van der Waals surface area (Å²) in [5, 5.41) is 8.14. The van der Waals surface area contributed by atoms with Crippen LogP contribution in [0.15, 0.2) is 17.2 Å². The molecule has 1 aliphatic heterocycles. The molecule has 0 unspecified atom stereocenters. The van der Waals surface area contributed by atoms with Gasteiger partial charge in [0, 0.05) is 12.6 Å². The first-order valence-corrected chi connectivity index (χ1v) is 9.14. The Morgan fingerprint density at radius 2 is 2.11 bits per heavy atom. The quantitative estimate of drug-likeness (QED) is 0.690. The number of pyridine rings is 1. The molecule has 0 aliphatic carbocycles. The third-order valence-electron chi connectivity index (χ3n) is 4.88. The summed E-state index contributed by atoms with van der Waals surface area (Å²) >= 11 is 5.93. The van der Waals surface area contributed by atoms with E-state index in [0.29, 0.717) is 35.7 Å². The number of carbonyl (C=O) groups excluding carboxylic acids is 1. The van der Waals surface area contributed by atoms with E-state index in [4.69, 9.17) is 16.3 Å². The minimum atomic E-state index is -0.416. The average molecular weight is 406 g/mol. The Kier molecular flexibility index (Phi) is 4.18. The fourth-order valence-electron chi connectivity index (χ4n) is 2.87. The van der Waals surface area contributed by atoms with Crippen molar-refractivity contribution in [1.29, 1.82) is 0 Å². The molecule has 4 heterocycles. The van der Waals surface area contributed by atoms with Gasteiger partial charge in [-0.25, -0.2) is 9.78 Å². The minimum Gasteiger partial charge on any atom is -0.442 e. The second-order valence-electron chi connectivity index (χ2n) is 7.78. The maximum absolute atomic E-state index is 12.2. The third kappa shape index (κ3) is 3.03. The van der Waals surface area contributed by atoms with Gasteiger partial charge in [0.25, 0.3) is 5.56 Å². The van der Waals surface area contributed by atoms with Crippen molar-refractivity contribution in [3.63, 3.8) is 0 Å². The SMILES string of the molecule is CN(C(=O)OC1CN(c2nc3[nH]c(=O)c(Cl)cc3n3cnnc23)C1)C(C)(C)C. The van der Waals surface area contributed by atoms with Crippen LogP contribution in [0.5, 0.6) is 0 Å². The van der Waals surface area contributed by atoms with Crippen molar-refractivity contribution in [2.45, 2.75) is 32.4 Å². The normalized spacial score (nSPS) is 15.1. The molecule has 0 bridgehead atoms. The van der Waals surface area contributed by atoms with Gasteiger partial charge in [-0.05, 0) is 26.8 Å². The van der Waals surface area contributed by atoms with Gasteiger partial charge in [0.2, 0.25) is 5.65 Å². The summed E-state index contributed by atoms with van der Waals surface area (Å²) in [6, 6.07) is 1.53. The number of hydrogen-bond donors (Lipinski definition) is 1. The van der Waals surface area contributed by atoms with Crippen molar-refractivity contribution in [2.75, 3.05) is 25.0 Å². The Morgan fingerprint density at radius 3 is 2.79 bits per heavy atom. The molecule has 0 radical (unpaired) electrons. The van der Waals surface area contributed by atoms with E-state index in [1.54, 1.807) is 16.3 Å². The van der Waals surface area contributed by atoms with Crippen LogP contribution in [-0.2, 0) is 4.74 Å². The van der Waals surface area contributed by atoms with Gasteiger partial charge < -0.3 is 19.5 Å². The summed E-state index contributed by atoms with van der Waals surface area (Å²) in [4.78, 5) is 34.8. The van der Waals surface area contributed by atoms with E-state index in [9.17, 15) is 9.59 Å². The smallest absolute Gasteiger partial charge is 0.410 e. The van der Waals surface area contributed by atoms with Crippen LogP contribution in [0.1, 0.15) is 20.8 Å². The van der Waals surface area contributed by atoms with Crippen LogP contribution in [0.3, 0.4) is 0 Å². The van der Waals surface area contributed by atoms with Gasteiger partial charge in [0.1, 0.15) is 17.5 Å². The lowest BCUT2D eigenvalue weighted by Crippen LogP contribution is -2.55. The van der Waals surface area contributed by atoms with Crippen LogP contribution in [-0.4, -0.2) is 67.3 Å². The molecule has 0 atom stereocenters. The largest absolute Gasteiger partial charge is 0.442 e. The molecule has 0 spiro atoms. The molecule has 1 amide bonds. The number of nitrogens with one attached hydrogen (secondary N) is 1. The number of hydrogen-bond acceptors (Lipinski definition) is 7. The molecule has 3 aromatic heterocycles. The lowest BCUT2D eigenvalue weighted by Gasteiger charge is -2.41. The number of halogens is 1. The summed E-state index contributed by atoms with van der Waals surface area (Å²) < 4.78 is 7.26. The summed E-state index contributed by atoms with van der Waals surface area (Å²) in [5.74, 6) is 0.555. The summed E-state index contributed by atoms with van der Waals surface area (Å²) in [7, 11) is 1.71. The van der Waals surface area contributed by atoms with Crippen LogP contribution in [0.2, 0.25) is 5.02 Å². The van der Waals surface area contributed by atoms with E-state index in [0.717, 1.165) is 0 Å². The second kappa shape index (κ2) is 6.33. The first-order valence-electron chi connectivity index (χ1n) is 8.77. The molecule has 11 heteroatoms. The number of fused-ring (bicyclic) bond motifs is 3. The predicted molar refractivity (Wildman–Crippen MR) is 104 cm³/mol. The Bertz CT molecular complexity index is 1130. The third-order valence-corrected chi connectivity index (χ3v) is 5.16. The zero-order chi connectivity index (χ0) is 20.2. The molecule has 1 fully saturated rings.